The van der Waals surface area contributed by atoms with Crippen LogP contribution < -0.4 is 10.1 Å². The summed E-state index contributed by atoms with van der Waals surface area (Å²) in [4.78, 5) is 0. The van der Waals surface area contributed by atoms with Gasteiger partial charge in [0.15, 0.2) is 0 Å². The molecule has 0 aliphatic carbocycles. The van der Waals surface area contributed by atoms with Crippen LogP contribution in [-0.2, 0) is 0 Å². The molecule has 0 aliphatic heterocycles. The first kappa shape index (κ1) is 13.3. The van der Waals surface area contributed by atoms with Gasteiger partial charge >= 0.3 is 0 Å². The van der Waals surface area contributed by atoms with Crippen LogP contribution in [0.1, 0.15) is 30.9 Å². The van der Waals surface area contributed by atoms with Crippen LogP contribution in [0.2, 0.25) is 5.02 Å². The molecule has 0 bridgehead atoms. The topological polar surface area (TPSA) is 21.3 Å². The van der Waals surface area contributed by atoms with Crippen LogP contribution in [0.25, 0.3) is 0 Å². The summed E-state index contributed by atoms with van der Waals surface area (Å²) in [6.07, 6.45) is 0. The summed E-state index contributed by atoms with van der Waals surface area (Å²) in [5.41, 5.74) is 2.23. The Morgan fingerprint density at radius 1 is 1.38 bits per heavy atom. The van der Waals surface area contributed by atoms with Crippen molar-refractivity contribution in [3.8, 4) is 5.75 Å². The molecule has 0 radical (unpaired) electrons. The van der Waals surface area contributed by atoms with Gasteiger partial charge in [-0.15, -0.1) is 0 Å². The number of hydrogen-bond donors (Lipinski definition) is 1. The first-order chi connectivity index (χ1) is 7.56. The molecule has 0 saturated carbocycles. The molecule has 0 saturated heterocycles. The maximum atomic E-state index is 6.12. The average molecular weight is 242 g/mol. The molecule has 1 aromatic carbocycles. The summed E-state index contributed by atoms with van der Waals surface area (Å²) in [7, 11) is 1.92. The Morgan fingerprint density at radius 3 is 2.62 bits per heavy atom. The molecule has 0 aliphatic rings. The molecule has 90 valence electrons. The van der Waals surface area contributed by atoms with Gasteiger partial charge in [0, 0.05) is 11.6 Å². The molecule has 0 spiro atoms. The zero-order valence-electron chi connectivity index (χ0n) is 10.4. The number of hydrogen-bond acceptors (Lipinski definition) is 2. The van der Waals surface area contributed by atoms with E-state index in [0.717, 1.165) is 22.9 Å². The SMILES string of the molecule is CNCCOc1cc(C)c(Cl)cc1C(C)C. The number of rotatable bonds is 5. The van der Waals surface area contributed by atoms with E-state index in [1.807, 2.05) is 26.1 Å². The summed E-state index contributed by atoms with van der Waals surface area (Å²) < 4.78 is 5.75. The molecular formula is C13H20ClNO. The third-order valence-corrected chi connectivity index (χ3v) is 2.93. The second-order valence-electron chi connectivity index (χ2n) is 4.25. The lowest BCUT2D eigenvalue weighted by Gasteiger charge is -2.15. The van der Waals surface area contributed by atoms with Gasteiger partial charge < -0.3 is 10.1 Å². The van der Waals surface area contributed by atoms with Crippen LogP contribution in [0.5, 0.6) is 5.75 Å². The molecule has 2 nitrogen and oxygen atoms in total. The van der Waals surface area contributed by atoms with Crippen molar-refractivity contribution in [2.75, 3.05) is 20.2 Å². The standard InChI is InChI=1S/C13H20ClNO/c1-9(2)11-8-12(14)10(3)7-13(11)16-6-5-15-4/h7-9,15H,5-6H2,1-4H3. The van der Waals surface area contributed by atoms with E-state index in [2.05, 4.69) is 19.2 Å². The van der Waals surface area contributed by atoms with Crippen LogP contribution in [0, 0.1) is 6.92 Å². The molecule has 0 fully saturated rings. The zero-order chi connectivity index (χ0) is 12.1. The highest BCUT2D eigenvalue weighted by Crippen LogP contribution is 2.31. The van der Waals surface area contributed by atoms with Gasteiger partial charge in [-0.2, -0.15) is 0 Å². The maximum Gasteiger partial charge on any atom is 0.123 e. The third-order valence-electron chi connectivity index (χ3n) is 2.52. The molecule has 0 aromatic heterocycles. The van der Waals surface area contributed by atoms with E-state index < -0.39 is 0 Å². The van der Waals surface area contributed by atoms with Gasteiger partial charge in [0.2, 0.25) is 0 Å². The summed E-state index contributed by atoms with van der Waals surface area (Å²) in [6, 6.07) is 4.03. The molecular weight excluding hydrogens is 222 g/mol. The van der Waals surface area contributed by atoms with Crippen molar-refractivity contribution in [2.45, 2.75) is 26.7 Å². The van der Waals surface area contributed by atoms with Crippen molar-refractivity contribution in [3.63, 3.8) is 0 Å². The first-order valence-corrected chi connectivity index (χ1v) is 6.01. The van der Waals surface area contributed by atoms with Crippen LogP contribution in [0.3, 0.4) is 0 Å². The third kappa shape index (κ3) is 3.39. The number of nitrogens with one attached hydrogen (secondary N) is 1. The van der Waals surface area contributed by atoms with Crippen LogP contribution in [0.15, 0.2) is 12.1 Å². The Morgan fingerprint density at radius 2 is 2.06 bits per heavy atom. The van der Waals surface area contributed by atoms with Gasteiger partial charge in [-0.3, -0.25) is 0 Å². The van der Waals surface area contributed by atoms with E-state index >= 15 is 0 Å². The van der Waals surface area contributed by atoms with Crippen molar-refractivity contribution >= 4 is 11.6 Å². The molecule has 16 heavy (non-hydrogen) atoms. The molecule has 1 aromatic rings. The van der Waals surface area contributed by atoms with E-state index in [4.69, 9.17) is 16.3 Å². The monoisotopic (exact) mass is 241 g/mol. The second kappa shape index (κ2) is 6.12. The van der Waals surface area contributed by atoms with E-state index in [1.54, 1.807) is 0 Å². The zero-order valence-corrected chi connectivity index (χ0v) is 11.2. The summed E-state index contributed by atoms with van der Waals surface area (Å²) in [5, 5.41) is 3.87. The summed E-state index contributed by atoms with van der Waals surface area (Å²) in [5.74, 6) is 1.37. The Kier molecular flexibility index (Phi) is 5.10. The Bertz CT molecular complexity index is 350. The number of aryl methyl sites for hydroxylation is 1. The largest absolute Gasteiger partial charge is 0.492 e. The van der Waals surface area contributed by atoms with Crippen LogP contribution >= 0.6 is 11.6 Å². The lowest BCUT2D eigenvalue weighted by molar-refractivity contribution is 0.314. The second-order valence-corrected chi connectivity index (χ2v) is 4.65. The van der Waals surface area contributed by atoms with E-state index in [9.17, 15) is 0 Å². The Hall–Kier alpha value is -0.730. The molecule has 3 heteroatoms. The number of likely N-dealkylation sites (N-methyl/N-ethyl adjacent to an activating group) is 1. The Balaban J connectivity index is 2.91. The van der Waals surface area contributed by atoms with Crippen LogP contribution in [-0.4, -0.2) is 20.2 Å². The molecule has 0 heterocycles. The van der Waals surface area contributed by atoms with Crippen molar-refractivity contribution in [1.82, 2.24) is 5.32 Å². The van der Waals surface area contributed by atoms with Crippen LogP contribution in [0.4, 0.5) is 0 Å². The van der Waals surface area contributed by atoms with Crippen molar-refractivity contribution in [1.29, 1.82) is 0 Å². The van der Waals surface area contributed by atoms with E-state index in [-0.39, 0.29) is 0 Å². The van der Waals surface area contributed by atoms with E-state index in [0.29, 0.717) is 12.5 Å². The van der Waals surface area contributed by atoms with Gasteiger partial charge in [0.1, 0.15) is 12.4 Å². The molecule has 0 amide bonds. The van der Waals surface area contributed by atoms with E-state index in [1.165, 1.54) is 5.56 Å². The molecule has 1 N–H and O–H groups in total. The van der Waals surface area contributed by atoms with Crippen molar-refractivity contribution in [2.24, 2.45) is 0 Å². The Labute approximate surface area is 103 Å². The van der Waals surface area contributed by atoms with Gasteiger partial charge in [-0.25, -0.2) is 0 Å². The predicted octanol–water partition coefficient (Wildman–Crippen LogP) is 3.37. The predicted molar refractivity (Wildman–Crippen MR) is 69.7 cm³/mol. The number of halogens is 1. The number of benzene rings is 1. The van der Waals surface area contributed by atoms with Crippen molar-refractivity contribution in [3.05, 3.63) is 28.3 Å². The highest BCUT2D eigenvalue weighted by molar-refractivity contribution is 6.31. The van der Waals surface area contributed by atoms with Gasteiger partial charge in [0.25, 0.3) is 0 Å². The lowest BCUT2D eigenvalue weighted by Crippen LogP contribution is -2.16. The maximum absolute atomic E-state index is 6.12. The molecule has 0 atom stereocenters. The fourth-order valence-electron chi connectivity index (χ4n) is 1.51. The van der Waals surface area contributed by atoms with Gasteiger partial charge in [-0.1, -0.05) is 25.4 Å². The van der Waals surface area contributed by atoms with Gasteiger partial charge in [0.05, 0.1) is 0 Å². The van der Waals surface area contributed by atoms with Crippen molar-refractivity contribution < 1.29 is 4.74 Å². The first-order valence-electron chi connectivity index (χ1n) is 5.63. The quantitative estimate of drug-likeness (QED) is 0.799. The highest BCUT2D eigenvalue weighted by atomic mass is 35.5. The fourth-order valence-corrected chi connectivity index (χ4v) is 1.68. The normalized spacial score (nSPS) is 10.9. The lowest BCUT2D eigenvalue weighted by atomic mass is 10.0. The van der Waals surface area contributed by atoms with Gasteiger partial charge in [-0.05, 0) is 43.1 Å². The average Bonchev–Trinajstić information content (AvgIpc) is 2.23. The number of ether oxygens (including phenoxy) is 1. The highest BCUT2D eigenvalue weighted by Gasteiger charge is 2.10. The fraction of sp³-hybridized carbons (Fsp3) is 0.538. The molecule has 0 unspecified atom stereocenters. The molecule has 1 rings (SSSR count). The minimum absolute atomic E-state index is 0.419. The smallest absolute Gasteiger partial charge is 0.123 e. The summed E-state index contributed by atoms with van der Waals surface area (Å²) >= 11 is 6.12. The minimum atomic E-state index is 0.419. The minimum Gasteiger partial charge on any atom is -0.492 e. The summed E-state index contributed by atoms with van der Waals surface area (Å²) in [6.45, 7) is 7.81.